The molecule has 0 radical (unpaired) electrons. The summed E-state index contributed by atoms with van der Waals surface area (Å²) in [5.74, 6) is 0.171. The lowest BCUT2D eigenvalue weighted by molar-refractivity contribution is 0.0531. The molecule has 0 saturated carbocycles. The molecule has 0 aliphatic rings. The Bertz CT molecular complexity index is 991. The van der Waals surface area contributed by atoms with Crippen molar-refractivity contribution in [1.82, 2.24) is 15.6 Å². The van der Waals surface area contributed by atoms with Crippen LogP contribution >= 0.6 is 35.3 Å². The molecule has 0 amide bonds. The molecule has 1 atom stereocenters. The van der Waals surface area contributed by atoms with Crippen LogP contribution < -0.4 is 15.8 Å². The lowest BCUT2D eigenvalue weighted by Crippen LogP contribution is -2.38. The fourth-order valence-corrected chi connectivity index (χ4v) is 3.91. The Morgan fingerprint density at radius 1 is 1.33 bits per heavy atom. The van der Waals surface area contributed by atoms with Gasteiger partial charge >= 0.3 is 5.97 Å². The van der Waals surface area contributed by atoms with Gasteiger partial charge in [-0.05, 0) is 38.5 Å². The Labute approximate surface area is 197 Å². The first-order chi connectivity index (χ1) is 13.7. The first-order valence-corrected chi connectivity index (χ1v) is 11.2. The van der Waals surface area contributed by atoms with Crippen molar-refractivity contribution >= 4 is 57.3 Å². The number of nitrogens with one attached hydrogen (secondary N) is 2. The van der Waals surface area contributed by atoms with Crippen molar-refractivity contribution in [3.63, 3.8) is 0 Å². The number of nitrogens with two attached hydrogens (primary N) is 1. The van der Waals surface area contributed by atoms with Gasteiger partial charge in [0, 0.05) is 13.6 Å². The van der Waals surface area contributed by atoms with Crippen molar-refractivity contribution in [2.75, 3.05) is 13.7 Å². The number of aryl methyl sites for hydroxylation is 1. The molecular formula is C18H26IN5O4S2. The number of nitrogens with zero attached hydrogens (tertiary/aromatic N) is 2. The minimum absolute atomic E-state index is 0. The van der Waals surface area contributed by atoms with Crippen LogP contribution in [-0.4, -0.2) is 39.0 Å². The standard InChI is InChI=1S/C18H25N5O4S2.HI/c1-5-27-17(24)15-11(2)22-16(28-15)12(3)23-18(20-4)21-10-13-6-8-14(9-7-13)29(19,25)26;/h6-9,12H,5,10H2,1-4H3,(H2,19,25,26)(H2,20,21,23);1H. The lowest BCUT2D eigenvalue weighted by atomic mass is 10.2. The van der Waals surface area contributed by atoms with E-state index in [0.717, 1.165) is 10.6 Å². The Morgan fingerprint density at radius 3 is 2.50 bits per heavy atom. The van der Waals surface area contributed by atoms with Crippen LogP contribution in [0, 0.1) is 6.92 Å². The molecule has 1 aromatic carbocycles. The zero-order valence-electron chi connectivity index (χ0n) is 17.1. The van der Waals surface area contributed by atoms with Crippen LogP contribution in [0.4, 0.5) is 0 Å². The number of carbonyl (C=O) groups is 1. The normalized spacial score (nSPS) is 12.6. The van der Waals surface area contributed by atoms with Gasteiger partial charge in [0.1, 0.15) is 9.88 Å². The fourth-order valence-electron chi connectivity index (χ4n) is 2.43. The summed E-state index contributed by atoms with van der Waals surface area (Å²) < 4.78 is 27.7. The number of hydrogen-bond donors (Lipinski definition) is 3. The molecule has 12 heteroatoms. The SMILES string of the molecule is CCOC(=O)c1sc(C(C)NC(=NC)NCc2ccc(S(N)(=O)=O)cc2)nc1C.I. The Morgan fingerprint density at radius 2 is 1.97 bits per heavy atom. The van der Waals surface area contributed by atoms with Gasteiger partial charge in [-0.25, -0.2) is 23.3 Å². The molecule has 0 aliphatic heterocycles. The van der Waals surface area contributed by atoms with Crippen molar-refractivity contribution in [3.8, 4) is 0 Å². The summed E-state index contributed by atoms with van der Waals surface area (Å²) >= 11 is 1.29. The number of primary sulfonamides is 1. The number of carbonyl (C=O) groups excluding carboxylic acids is 1. The van der Waals surface area contributed by atoms with Crippen LogP contribution in [0.5, 0.6) is 0 Å². The molecule has 2 rings (SSSR count). The number of aromatic nitrogens is 1. The van der Waals surface area contributed by atoms with Crippen molar-refractivity contribution in [1.29, 1.82) is 0 Å². The Kier molecular flexibility index (Phi) is 10.1. The van der Waals surface area contributed by atoms with Crippen molar-refractivity contribution in [2.24, 2.45) is 10.1 Å². The molecule has 4 N–H and O–H groups in total. The number of guanidine groups is 1. The maximum atomic E-state index is 12.0. The molecule has 30 heavy (non-hydrogen) atoms. The lowest BCUT2D eigenvalue weighted by Gasteiger charge is -2.16. The predicted molar refractivity (Wildman–Crippen MR) is 128 cm³/mol. The summed E-state index contributed by atoms with van der Waals surface area (Å²) in [5, 5.41) is 12.2. The van der Waals surface area contributed by atoms with Crippen LogP contribution in [0.2, 0.25) is 0 Å². The van der Waals surface area contributed by atoms with Gasteiger partial charge in [-0.15, -0.1) is 35.3 Å². The van der Waals surface area contributed by atoms with Crippen LogP contribution in [0.1, 0.15) is 45.8 Å². The molecule has 0 spiro atoms. The van der Waals surface area contributed by atoms with E-state index in [1.165, 1.54) is 23.5 Å². The minimum atomic E-state index is -3.71. The third-order valence-corrected chi connectivity index (χ3v) is 6.18. The second-order valence-electron chi connectivity index (χ2n) is 6.17. The summed E-state index contributed by atoms with van der Waals surface area (Å²) in [4.78, 5) is 21.2. The summed E-state index contributed by atoms with van der Waals surface area (Å²) in [6.45, 7) is 6.20. The smallest absolute Gasteiger partial charge is 0.350 e. The average Bonchev–Trinajstić information content (AvgIpc) is 3.06. The molecule has 0 bridgehead atoms. The maximum Gasteiger partial charge on any atom is 0.350 e. The maximum absolute atomic E-state index is 12.0. The van der Waals surface area contributed by atoms with E-state index in [1.54, 1.807) is 33.0 Å². The molecule has 0 aliphatic carbocycles. The first kappa shape index (κ1) is 26.3. The van der Waals surface area contributed by atoms with Gasteiger partial charge < -0.3 is 15.4 Å². The number of halogens is 1. The van der Waals surface area contributed by atoms with E-state index < -0.39 is 10.0 Å². The second kappa shape index (κ2) is 11.6. The molecule has 166 valence electrons. The van der Waals surface area contributed by atoms with Gasteiger partial charge in [0.15, 0.2) is 5.96 Å². The summed E-state index contributed by atoms with van der Waals surface area (Å²) in [7, 11) is -2.07. The van der Waals surface area contributed by atoms with E-state index in [0.29, 0.717) is 29.7 Å². The van der Waals surface area contributed by atoms with E-state index in [2.05, 4.69) is 20.6 Å². The minimum Gasteiger partial charge on any atom is -0.462 e. The monoisotopic (exact) mass is 567 g/mol. The molecule has 9 nitrogen and oxygen atoms in total. The third-order valence-electron chi connectivity index (χ3n) is 3.93. The quantitative estimate of drug-likeness (QED) is 0.202. The van der Waals surface area contributed by atoms with Crippen molar-refractivity contribution < 1.29 is 17.9 Å². The number of hydrogen-bond acceptors (Lipinski definition) is 7. The van der Waals surface area contributed by atoms with Gasteiger partial charge in [-0.1, -0.05) is 12.1 Å². The highest BCUT2D eigenvalue weighted by Gasteiger charge is 2.20. The Balaban J connectivity index is 0.00000450. The number of benzene rings is 1. The number of esters is 1. The average molecular weight is 567 g/mol. The van der Waals surface area contributed by atoms with Crippen molar-refractivity contribution in [3.05, 3.63) is 45.4 Å². The van der Waals surface area contributed by atoms with Crippen LogP contribution in [0.3, 0.4) is 0 Å². The summed E-state index contributed by atoms with van der Waals surface area (Å²) in [5.41, 5.74) is 1.50. The van der Waals surface area contributed by atoms with Gasteiger partial charge in [-0.3, -0.25) is 4.99 Å². The number of ether oxygens (including phenoxy) is 1. The predicted octanol–water partition coefficient (Wildman–Crippen LogP) is 2.32. The topological polar surface area (TPSA) is 136 Å². The second-order valence-corrected chi connectivity index (χ2v) is 8.76. The van der Waals surface area contributed by atoms with Crippen molar-refractivity contribution in [2.45, 2.75) is 38.3 Å². The summed E-state index contributed by atoms with van der Waals surface area (Å²) in [6.07, 6.45) is 0. The van der Waals surface area contributed by atoms with Crippen LogP contribution in [0.15, 0.2) is 34.2 Å². The zero-order valence-corrected chi connectivity index (χ0v) is 21.1. The largest absolute Gasteiger partial charge is 0.462 e. The number of aliphatic imine (C=N–C) groups is 1. The van der Waals surface area contributed by atoms with Gasteiger partial charge in [0.25, 0.3) is 0 Å². The van der Waals surface area contributed by atoms with E-state index >= 15 is 0 Å². The number of rotatable bonds is 7. The third kappa shape index (κ3) is 7.18. The number of thiazole rings is 1. The molecule has 1 heterocycles. The Hall–Kier alpha value is -1.77. The van der Waals surface area contributed by atoms with E-state index in [1.807, 2.05) is 6.92 Å². The molecule has 0 fully saturated rings. The van der Waals surface area contributed by atoms with Gasteiger partial charge in [0.05, 0.1) is 23.2 Å². The first-order valence-electron chi connectivity index (χ1n) is 8.89. The van der Waals surface area contributed by atoms with E-state index in [-0.39, 0.29) is 40.9 Å². The zero-order chi connectivity index (χ0) is 21.6. The van der Waals surface area contributed by atoms with Gasteiger partial charge in [-0.2, -0.15) is 0 Å². The van der Waals surface area contributed by atoms with Crippen LogP contribution in [-0.2, 0) is 21.3 Å². The number of sulfonamides is 1. The molecule has 0 saturated heterocycles. The molecule has 1 unspecified atom stereocenters. The van der Waals surface area contributed by atoms with E-state index in [4.69, 9.17) is 9.88 Å². The highest BCUT2D eigenvalue weighted by molar-refractivity contribution is 14.0. The fraction of sp³-hybridized carbons (Fsp3) is 0.389. The summed E-state index contributed by atoms with van der Waals surface area (Å²) in [6, 6.07) is 6.09. The van der Waals surface area contributed by atoms with Gasteiger partial charge in [0.2, 0.25) is 10.0 Å². The molecular weight excluding hydrogens is 541 g/mol. The highest BCUT2D eigenvalue weighted by Crippen LogP contribution is 2.24. The molecule has 2 aromatic rings. The van der Waals surface area contributed by atoms with Crippen LogP contribution in [0.25, 0.3) is 0 Å². The molecule has 1 aromatic heterocycles. The van der Waals surface area contributed by atoms with E-state index in [9.17, 15) is 13.2 Å². The highest BCUT2D eigenvalue weighted by atomic mass is 127.